The topological polar surface area (TPSA) is 39.1 Å². The molecule has 0 saturated carbocycles. The zero-order valence-corrected chi connectivity index (χ0v) is 13.1. The molecule has 0 aliphatic rings. The van der Waals surface area contributed by atoms with Gasteiger partial charge >= 0.3 is 0 Å². The van der Waals surface area contributed by atoms with Gasteiger partial charge in [0.15, 0.2) is 0 Å². The van der Waals surface area contributed by atoms with Gasteiger partial charge in [-0.15, -0.1) is 0 Å². The Morgan fingerprint density at radius 1 is 1.28 bits per heavy atom. The highest BCUT2D eigenvalue weighted by Crippen LogP contribution is 2.12. The number of hydrogen-bond acceptors (Lipinski definition) is 3. The Hall–Kier alpha value is -0.590. The molecule has 0 aromatic carbocycles. The van der Waals surface area contributed by atoms with Crippen molar-refractivity contribution in [2.24, 2.45) is 5.92 Å². The van der Waals surface area contributed by atoms with Gasteiger partial charge < -0.3 is 4.90 Å². The lowest BCUT2D eigenvalue weighted by atomic mass is 9.98. The molecule has 0 bridgehead atoms. The molecule has 1 atom stereocenters. The first-order valence-corrected chi connectivity index (χ1v) is 7.25. The highest BCUT2D eigenvalue weighted by molar-refractivity contribution is 5.04. The average molecular weight is 253 g/mol. The second-order valence-electron chi connectivity index (χ2n) is 6.10. The number of nitrogens with zero attached hydrogens (tertiary/aromatic N) is 2. The maximum atomic E-state index is 9.31. The number of nitrogens with one attached hydrogen (secondary N) is 1. The standard InChI is InChI=1S/C15H31N3/c1-7-9-17-15(6,12-16)8-10-18(14(4)5)11-13(2)3/h13-14,17H,7-11H2,1-6H3. The molecule has 18 heavy (non-hydrogen) atoms. The molecular weight excluding hydrogens is 222 g/mol. The van der Waals surface area contributed by atoms with Crippen molar-refractivity contribution >= 4 is 0 Å². The first kappa shape index (κ1) is 17.4. The molecule has 0 radical (unpaired) electrons. The Labute approximate surface area is 114 Å². The van der Waals surface area contributed by atoms with Crippen molar-refractivity contribution in [1.82, 2.24) is 10.2 Å². The molecule has 0 fully saturated rings. The number of nitriles is 1. The molecule has 106 valence electrons. The van der Waals surface area contributed by atoms with Gasteiger partial charge in [-0.3, -0.25) is 5.32 Å². The minimum Gasteiger partial charge on any atom is -0.301 e. The summed E-state index contributed by atoms with van der Waals surface area (Å²) in [6, 6.07) is 2.97. The first-order chi connectivity index (χ1) is 8.34. The Morgan fingerprint density at radius 3 is 2.28 bits per heavy atom. The van der Waals surface area contributed by atoms with E-state index in [1.165, 1.54) is 0 Å². The fourth-order valence-corrected chi connectivity index (χ4v) is 1.98. The van der Waals surface area contributed by atoms with E-state index in [4.69, 9.17) is 0 Å². The van der Waals surface area contributed by atoms with Crippen LogP contribution in [0.4, 0.5) is 0 Å². The largest absolute Gasteiger partial charge is 0.301 e. The van der Waals surface area contributed by atoms with Crippen LogP contribution >= 0.6 is 0 Å². The van der Waals surface area contributed by atoms with Crippen LogP contribution in [0.25, 0.3) is 0 Å². The lowest BCUT2D eigenvalue weighted by molar-refractivity contribution is 0.181. The van der Waals surface area contributed by atoms with E-state index in [2.05, 4.69) is 50.9 Å². The Kier molecular flexibility index (Phi) is 8.22. The third kappa shape index (κ3) is 6.98. The molecule has 0 aliphatic heterocycles. The summed E-state index contributed by atoms with van der Waals surface area (Å²) in [5.74, 6) is 0.671. The second-order valence-corrected chi connectivity index (χ2v) is 6.10. The van der Waals surface area contributed by atoms with Crippen LogP contribution in [0.3, 0.4) is 0 Å². The maximum Gasteiger partial charge on any atom is 0.105 e. The normalized spacial score (nSPS) is 15.1. The monoisotopic (exact) mass is 253 g/mol. The first-order valence-electron chi connectivity index (χ1n) is 7.25. The van der Waals surface area contributed by atoms with Crippen LogP contribution in [0.15, 0.2) is 0 Å². The minimum absolute atomic E-state index is 0.389. The van der Waals surface area contributed by atoms with E-state index in [0.29, 0.717) is 12.0 Å². The van der Waals surface area contributed by atoms with Crippen molar-refractivity contribution in [3.05, 3.63) is 0 Å². The van der Waals surface area contributed by atoms with Gasteiger partial charge in [0.1, 0.15) is 5.54 Å². The molecule has 0 aromatic heterocycles. The van der Waals surface area contributed by atoms with Gasteiger partial charge in [-0.25, -0.2) is 0 Å². The van der Waals surface area contributed by atoms with Crippen LogP contribution in [-0.4, -0.2) is 36.1 Å². The Balaban J connectivity index is 4.34. The predicted octanol–water partition coefficient (Wildman–Crippen LogP) is 3.02. The summed E-state index contributed by atoms with van der Waals surface area (Å²) >= 11 is 0. The van der Waals surface area contributed by atoms with Crippen LogP contribution < -0.4 is 5.32 Å². The van der Waals surface area contributed by atoms with Crippen molar-refractivity contribution in [3.8, 4) is 6.07 Å². The van der Waals surface area contributed by atoms with Crippen molar-refractivity contribution in [3.63, 3.8) is 0 Å². The smallest absolute Gasteiger partial charge is 0.105 e. The molecular formula is C15H31N3. The van der Waals surface area contributed by atoms with Crippen LogP contribution in [-0.2, 0) is 0 Å². The molecule has 3 nitrogen and oxygen atoms in total. The zero-order valence-electron chi connectivity index (χ0n) is 13.1. The second kappa shape index (κ2) is 8.50. The molecule has 0 rings (SSSR count). The molecule has 0 amide bonds. The summed E-state index contributed by atoms with van der Waals surface area (Å²) in [5.41, 5.74) is -0.389. The number of rotatable bonds is 9. The highest BCUT2D eigenvalue weighted by atomic mass is 15.1. The van der Waals surface area contributed by atoms with Crippen LogP contribution in [0, 0.1) is 17.2 Å². The lowest BCUT2D eigenvalue weighted by Gasteiger charge is -2.32. The summed E-state index contributed by atoms with van der Waals surface area (Å²) in [5, 5.41) is 12.7. The van der Waals surface area contributed by atoms with E-state index in [1.54, 1.807) is 0 Å². The third-order valence-corrected chi connectivity index (χ3v) is 3.24. The molecule has 1 N–H and O–H groups in total. The summed E-state index contributed by atoms with van der Waals surface area (Å²) in [6.07, 6.45) is 1.95. The molecule has 0 aliphatic carbocycles. The zero-order chi connectivity index (χ0) is 14.2. The fraction of sp³-hybridized carbons (Fsp3) is 0.933. The van der Waals surface area contributed by atoms with E-state index in [1.807, 2.05) is 6.92 Å². The van der Waals surface area contributed by atoms with Crippen molar-refractivity contribution in [2.75, 3.05) is 19.6 Å². The highest BCUT2D eigenvalue weighted by Gasteiger charge is 2.24. The molecule has 0 aromatic rings. The molecule has 3 heteroatoms. The van der Waals surface area contributed by atoms with E-state index < -0.39 is 0 Å². The van der Waals surface area contributed by atoms with Crippen molar-refractivity contribution in [1.29, 1.82) is 5.26 Å². The SMILES string of the molecule is CCCNC(C)(C#N)CCN(CC(C)C)C(C)C. The van der Waals surface area contributed by atoms with Gasteiger partial charge in [-0.1, -0.05) is 20.8 Å². The van der Waals surface area contributed by atoms with E-state index >= 15 is 0 Å². The predicted molar refractivity (Wildman–Crippen MR) is 78.5 cm³/mol. The third-order valence-electron chi connectivity index (χ3n) is 3.24. The Morgan fingerprint density at radius 2 is 1.89 bits per heavy atom. The fourth-order valence-electron chi connectivity index (χ4n) is 1.98. The summed E-state index contributed by atoms with van der Waals surface area (Å²) < 4.78 is 0. The van der Waals surface area contributed by atoms with Crippen LogP contribution in [0.1, 0.15) is 54.4 Å². The summed E-state index contributed by atoms with van der Waals surface area (Å²) in [6.45, 7) is 16.1. The lowest BCUT2D eigenvalue weighted by Crippen LogP contribution is -2.45. The van der Waals surface area contributed by atoms with Gasteiger partial charge in [-0.2, -0.15) is 5.26 Å². The van der Waals surface area contributed by atoms with Crippen molar-refractivity contribution < 1.29 is 0 Å². The summed E-state index contributed by atoms with van der Waals surface area (Å²) in [7, 11) is 0. The summed E-state index contributed by atoms with van der Waals surface area (Å²) in [4.78, 5) is 2.47. The van der Waals surface area contributed by atoms with Crippen LogP contribution in [0.5, 0.6) is 0 Å². The number of hydrogen-bond donors (Lipinski definition) is 1. The van der Waals surface area contributed by atoms with E-state index in [0.717, 1.165) is 32.5 Å². The van der Waals surface area contributed by atoms with Crippen molar-refractivity contribution in [2.45, 2.75) is 66.0 Å². The minimum atomic E-state index is -0.389. The maximum absolute atomic E-state index is 9.31. The van der Waals surface area contributed by atoms with Gasteiger partial charge in [0.05, 0.1) is 6.07 Å². The van der Waals surface area contributed by atoms with Gasteiger partial charge in [0.2, 0.25) is 0 Å². The van der Waals surface area contributed by atoms with Crippen LogP contribution in [0.2, 0.25) is 0 Å². The Bertz CT molecular complexity index is 255. The molecule has 0 heterocycles. The van der Waals surface area contributed by atoms with Gasteiger partial charge in [0.25, 0.3) is 0 Å². The molecule has 1 unspecified atom stereocenters. The molecule has 0 saturated heterocycles. The molecule has 0 spiro atoms. The van der Waals surface area contributed by atoms with E-state index in [-0.39, 0.29) is 5.54 Å². The average Bonchev–Trinajstić information content (AvgIpc) is 2.31. The van der Waals surface area contributed by atoms with Gasteiger partial charge in [-0.05, 0) is 46.1 Å². The van der Waals surface area contributed by atoms with E-state index in [9.17, 15) is 5.26 Å². The quantitative estimate of drug-likeness (QED) is 0.686. The van der Waals surface area contributed by atoms with Gasteiger partial charge in [0, 0.05) is 19.1 Å².